The average molecular weight is 625 g/mol. The lowest BCUT2D eigenvalue weighted by Crippen LogP contribution is -2.40. The molecule has 0 aliphatic carbocycles. The van der Waals surface area contributed by atoms with Crippen LogP contribution in [0, 0.1) is 11.6 Å². The maximum Gasteiger partial charge on any atom is 0.263 e. The molecule has 0 saturated carbocycles. The van der Waals surface area contributed by atoms with Gasteiger partial charge in [0.25, 0.3) is 10.0 Å². The zero-order valence-electron chi connectivity index (χ0n) is 23.1. The molecular formula is C30H27ClF2N6O3S. The molecule has 0 radical (unpaired) electrons. The predicted octanol–water partition coefficient (Wildman–Crippen LogP) is 6.31. The fourth-order valence-corrected chi connectivity index (χ4v) is 6.49. The Morgan fingerprint density at radius 3 is 2.44 bits per heavy atom. The topological polar surface area (TPSA) is 124 Å². The van der Waals surface area contributed by atoms with Crippen molar-refractivity contribution in [2.24, 2.45) is 0 Å². The van der Waals surface area contributed by atoms with E-state index < -0.39 is 27.3 Å². The quantitative estimate of drug-likeness (QED) is 0.185. The highest BCUT2D eigenvalue weighted by Crippen LogP contribution is 2.37. The summed E-state index contributed by atoms with van der Waals surface area (Å²) in [5.74, 6) is -1.41. The summed E-state index contributed by atoms with van der Waals surface area (Å²) in [4.78, 5) is 8.79. The largest absolute Gasteiger partial charge is 0.382 e. The highest BCUT2D eigenvalue weighted by Gasteiger charge is 2.26. The molecule has 6 rings (SSSR count). The molecule has 1 aliphatic rings. The highest BCUT2D eigenvalue weighted by molar-refractivity contribution is 7.92. The number of hydrogen-bond acceptors (Lipinski definition) is 7. The van der Waals surface area contributed by atoms with Gasteiger partial charge in [0.05, 0.1) is 41.9 Å². The normalized spacial score (nSPS) is 13.8. The monoisotopic (exact) mass is 624 g/mol. The Hall–Kier alpha value is -4.26. The smallest absolute Gasteiger partial charge is 0.263 e. The Morgan fingerprint density at radius 2 is 1.79 bits per heavy atom. The lowest BCUT2D eigenvalue weighted by molar-refractivity contribution is 0.0211. The van der Waals surface area contributed by atoms with E-state index in [1.807, 2.05) is 38.1 Å². The molecule has 3 aromatic carbocycles. The van der Waals surface area contributed by atoms with Crippen molar-refractivity contribution in [3.8, 4) is 22.5 Å². The van der Waals surface area contributed by atoms with Crippen LogP contribution in [0.4, 0.5) is 26.0 Å². The number of nitrogens with one attached hydrogen (secondary N) is 2. The fraction of sp³-hybridized carbons (Fsp3) is 0.200. The molecule has 4 N–H and O–H groups in total. The summed E-state index contributed by atoms with van der Waals surface area (Å²) in [6.45, 7) is 5.17. The van der Waals surface area contributed by atoms with Crippen molar-refractivity contribution < 1.29 is 21.9 Å². The number of benzene rings is 3. The highest BCUT2D eigenvalue weighted by atomic mass is 35.5. The number of rotatable bonds is 8. The minimum Gasteiger partial charge on any atom is -0.382 e. The molecule has 1 fully saturated rings. The van der Waals surface area contributed by atoms with Gasteiger partial charge in [-0.15, -0.1) is 0 Å². The summed E-state index contributed by atoms with van der Waals surface area (Å²) in [6, 6.07) is 15.4. The number of anilines is 3. The minimum absolute atomic E-state index is 0.0594. The first-order valence-corrected chi connectivity index (χ1v) is 15.3. The second kappa shape index (κ2) is 11.1. The van der Waals surface area contributed by atoms with E-state index in [4.69, 9.17) is 27.1 Å². The van der Waals surface area contributed by atoms with E-state index in [9.17, 15) is 8.42 Å². The van der Waals surface area contributed by atoms with E-state index in [0.717, 1.165) is 23.4 Å². The first kappa shape index (κ1) is 28.8. The van der Waals surface area contributed by atoms with Crippen LogP contribution in [0.15, 0.2) is 71.8 Å². The van der Waals surface area contributed by atoms with Crippen LogP contribution in [-0.4, -0.2) is 42.0 Å². The molecule has 0 unspecified atom stereocenters. The molecule has 1 saturated heterocycles. The number of nitrogens with two attached hydrogens (primary N) is 1. The second-order valence-electron chi connectivity index (χ2n) is 10.5. The van der Waals surface area contributed by atoms with Crippen LogP contribution in [0.25, 0.3) is 28.0 Å². The molecular weight excluding hydrogens is 598 g/mol. The van der Waals surface area contributed by atoms with Crippen molar-refractivity contribution in [1.29, 1.82) is 0 Å². The van der Waals surface area contributed by atoms with Crippen molar-refractivity contribution in [2.45, 2.75) is 30.7 Å². The summed E-state index contributed by atoms with van der Waals surface area (Å²) in [5.41, 5.74) is 8.34. The molecule has 1 aliphatic heterocycles. The Morgan fingerprint density at radius 1 is 1.07 bits per heavy atom. The number of nitrogens with zero attached hydrogens (tertiary/aromatic N) is 3. The summed E-state index contributed by atoms with van der Waals surface area (Å²) in [6.07, 6.45) is 1.62. The Balaban J connectivity index is 1.43. The van der Waals surface area contributed by atoms with Crippen molar-refractivity contribution >= 4 is 44.3 Å². The van der Waals surface area contributed by atoms with Gasteiger partial charge >= 0.3 is 0 Å². The summed E-state index contributed by atoms with van der Waals surface area (Å²) in [5, 5.41) is 3.33. The number of aromatic nitrogens is 3. The van der Waals surface area contributed by atoms with Gasteiger partial charge in [0.2, 0.25) is 0 Å². The molecule has 13 heteroatoms. The lowest BCUT2D eigenvalue weighted by atomic mass is 10.1. The van der Waals surface area contributed by atoms with Crippen LogP contribution in [-0.2, 0) is 14.8 Å². The van der Waals surface area contributed by atoms with Gasteiger partial charge in [0, 0.05) is 28.8 Å². The van der Waals surface area contributed by atoms with Gasteiger partial charge in [-0.2, -0.15) is 0 Å². The van der Waals surface area contributed by atoms with E-state index in [1.165, 1.54) is 18.2 Å². The molecule has 0 amide bonds. The number of ether oxygens (including phenoxy) is 1. The number of halogens is 3. The number of nitrogen functional groups attached to an aromatic ring is 1. The van der Waals surface area contributed by atoms with Gasteiger partial charge in [-0.05, 0) is 30.3 Å². The van der Waals surface area contributed by atoms with Crippen LogP contribution in [0.3, 0.4) is 0 Å². The van der Waals surface area contributed by atoms with E-state index in [0.29, 0.717) is 30.2 Å². The second-order valence-corrected chi connectivity index (χ2v) is 12.5. The molecule has 9 nitrogen and oxygen atoms in total. The minimum atomic E-state index is -4.30. The number of imidazole rings is 1. The summed E-state index contributed by atoms with van der Waals surface area (Å²) < 4.78 is 66.0. The molecule has 0 spiro atoms. The third kappa shape index (κ3) is 5.37. The first-order valence-electron chi connectivity index (χ1n) is 13.4. The fourth-order valence-electron chi connectivity index (χ4n) is 4.91. The first-order chi connectivity index (χ1) is 20.5. The van der Waals surface area contributed by atoms with E-state index >= 15 is 8.78 Å². The third-order valence-corrected chi connectivity index (χ3v) is 8.97. The van der Waals surface area contributed by atoms with Gasteiger partial charge in [0.1, 0.15) is 39.4 Å². The Kier molecular flexibility index (Phi) is 7.45. The van der Waals surface area contributed by atoms with E-state index in [2.05, 4.69) is 15.0 Å². The van der Waals surface area contributed by atoms with Crippen molar-refractivity contribution in [2.75, 3.05) is 29.0 Å². The number of fused-ring (bicyclic) bond motifs is 1. The van der Waals surface area contributed by atoms with Crippen LogP contribution >= 0.6 is 11.6 Å². The molecule has 0 atom stereocenters. The van der Waals surface area contributed by atoms with Gasteiger partial charge in [0.15, 0.2) is 0 Å². The van der Waals surface area contributed by atoms with Gasteiger partial charge in [-0.25, -0.2) is 27.2 Å². The van der Waals surface area contributed by atoms with E-state index in [1.54, 1.807) is 16.7 Å². The van der Waals surface area contributed by atoms with Crippen LogP contribution < -0.4 is 15.8 Å². The molecule has 43 heavy (non-hydrogen) atoms. The molecule has 0 bridgehead atoms. The maximum atomic E-state index is 15.7. The van der Waals surface area contributed by atoms with Crippen LogP contribution in [0.1, 0.15) is 25.6 Å². The summed E-state index contributed by atoms with van der Waals surface area (Å²) in [7, 11) is -4.30. The van der Waals surface area contributed by atoms with Crippen LogP contribution in [0.5, 0.6) is 0 Å². The molecule has 5 aromatic rings. The SMILES string of the molecule is CC(C)c1nc(-c2cc(F)c(NS(=O)(=O)c3ccccc3Cl)cc2F)c2c(N)ncc(-c3ccc(NC4COC4)cc3)n12. The van der Waals surface area contributed by atoms with Gasteiger partial charge < -0.3 is 15.8 Å². The number of sulfonamides is 1. The van der Waals surface area contributed by atoms with Crippen molar-refractivity contribution in [3.63, 3.8) is 0 Å². The zero-order valence-corrected chi connectivity index (χ0v) is 24.7. The Bertz CT molecular complexity index is 1960. The molecule has 2 aromatic heterocycles. The molecule has 3 heterocycles. The molecule has 222 valence electrons. The van der Waals surface area contributed by atoms with Gasteiger partial charge in [-0.3, -0.25) is 9.12 Å². The lowest BCUT2D eigenvalue weighted by Gasteiger charge is -2.27. The Labute approximate surface area is 251 Å². The number of hydrogen-bond donors (Lipinski definition) is 3. The average Bonchev–Trinajstić information content (AvgIpc) is 3.35. The van der Waals surface area contributed by atoms with Crippen LogP contribution in [0.2, 0.25) is 5.02 Å². The van der Waals surface area contributed by atoms with Crippen molar-refractivity contribution in [3.05, 3.63) is 89.3 Å². The van der Waals surface area contributed by atoms with Crippen molar-refractivity contribution in [1.82, 2.24) is 14.4 Å². The van der Waals surface area contributed by atoms with Gasteiger partial charge in [-0.1, -0.05) is 49.7 Å². The maximum absolute atomic E-state index is 15.7. The van der Waals surface area contributed by atoms with E-state index in [-0.39, 0.29) is 39.0 Å². The third-order valence-electron chi connectivity index (χ3n) is 7.10. The summed E-state index contributed by atoms with van der Waals surface area (Å²) >= 11 is 6.02. The standard InChI is InChI=1S/C30H27ClF2N6O3S/c1-16(2)30-37-27(20-11-23(33)24(12-22(20)32)38-43(40,41)26-6-4-3-5-21(26)31)28-29(34)35-13-25(39(28)30)17-7-9-18(10-8-17)36-19-14-42-15-19/h3-13,16,19,36,38H,14-15H2,1-2H3,(H2,34,35). The predicted molar refractivity (Wildman–Crippen MR) is 163 cm³/mol. The zero-order chi connectivity index (χ0) is 30.5.